The minimum absolute atomic E-state index is 1.26. The summed E-state index contributed by atoms with van der Waals surface area (Å²) in [6, 6.07) is 23.9. The van der Waals surface area contributed by atoms with Gasteiger partial charge in [0.05, 0.1) is 0 Å². The van der Waals surface area contributed by atoms with Crippen LogP contribution in [0.3, 0.4) is 0 Å². The third-order valence-electron chi connectivity index (χ3n) is 4.00. The molecule has 0 amide bonds. The van der Waals surface area contributed by atoms with Crippen LogP contribution >= 0.6 is 0 Å². The molecule has 0 fully saturated rings. The molecule has 3 aromatic carbocycles. The molecule has 0 atom stereocenters. The topological polar surface area (TPSA) is 4.93 Å². The summed E-state index contributed by atoms with van der Waals surface area (Å²) < 4.78 is 2.21. The zero-order valence-corrected chi connectivity index (χ0v) is 13.6. The van der Waals surface area contributed by atoms with Crippen molar-refractivity contribution in [2.45, 2.75) is 6.92 Å². The number of hydrogen-bond donors (Lipinski definition) is 0. The second-order valence-electron chi connectivity index (χ2n) is 5.43. The van der Waals surface area contributed by atoms with Crippen LogP contribution in [0.25, 0.3) is 32.9 Å². The van der Waals surface area contributed by atoms with E-state index in [4.69, 9.17) is 0 Å². The van der Waals surface area contributed by atoms with E-state index in [1.165, 1.54) is 38.5 Å². The van der Waals surface area contributed by atoms with E-state index in [0.717, 1.165) is 0 Å². The van der Waals surface area contributed by atoms with Gasteiger partial charge in [-0.1, -0.05) is 0 Å². The van der Waals surface area contributed by atoms with Crippen LogP contribution in [0, 0.1) is 6.92 Å². The number of hydrogen-bond acceptors (Lipinski definition) is 0. The van der Waals surface area contributed by atoms with Gasteiger partial charge in [0.1, 0.15) is 0 Å². The molecule has 21 heavy (non-hydrogen) atoms. The second kappa shape index (κ2) is 4.79. The maximum atomic E-state index is 2.65. The zero-order valence-electron chi connectivity index (χ0n) is 11.7. The molecular weight excluding hydrogens is 317 g/mol. The molecule has 100 valence electrons. The summed E-state index contributed by atoms with van der Waals surface area (Å²) in [5, 5.41) is 2.64. The Hall–Kier alpha value is -1.98. The Balaban J connectivity index is 2.07. The van der Waals surface area contributed by atoms with Gasteiger partial charge in [0.2, 0.25) is 0 Å². The van der Waals surface area contributed by atoms with Crippen molar-refractivity contribution in [2.75, 3.05) is 0 Å². The van der Waals surface area contributed by atoms with Gasteiger partial charge in [-0.25, -0.2) is 0 Å². The zero-order chi connectivity index (χ0) is 14.4. The molecule has 2 heteroatoms. The van der Waals surface area contributed by atoms with E-state index in [0.29, 0.717) is 0 Å². The van der Waals surface area contributed by atoms with E-state index in [1.807, 2.05) is 0 Å². The van der Waals surface area contributed by atoms with Gasteiger partial charge in [0, 0.05) is 0 Å². The van der Waals surface area contributed by atoms with Crippen LogP contribution in [0.1, 0.15) is 5.56 Å². The Morgan fingerprint density at radius 2 is 1.38 bits per heavy atom. The van der Waals surface area contributed by atoms with Gasteiger partial charge in [0.25, 0.3) is 0 Å². The average Bonchev–Trinajstić information content (AvgIpc) is 2.80. The van der Waals surface area contributed by atoms with E-state index in [9.17, 15) is 0 Å². The molecule has 4 rings (SSSR count). The first-order valence-corrected chi connectivity index (χ1v) is 7.87. The Morgan fingerprint density at radius 3 is 2.14 bits per heavy atom. The van der Waals surface area contributed by atoms with E-state index < -0.39 is 0 Å². The quantitative estimate of drug-likeness (QED) is 0.446. The molecule has 0 bridgehead atoms. The Bertz CT molecular complexity index is 952. The van der Waals surface area contributed by atoms with Crippen molar-refractivity contribution in [3.63, 3.8) is 0 Å². The third-order valence-corrected chi connectivity index (χ3v) is 4.91. The molecule has 4 aromatic rings. The fraction of sp³-hybridized carbons (Fsp3) is 0.0526. The number of fused-ring (bicyclic) bond motifs is 3. The van der Waals surface area contributed by atoms with Crippen molar-refractivity contribution in [1.82, 2.24) is 3.48 Å². The molecule has 0 N–H and O–H groups in total. The first-order chi connectivity index (χ1) is 10.2. The van der Waals surface area contributed by atoms with E-state index in [1.54, 1.807) is 0 Å². The number of nitrogens with zero attached hydrogens (tertiary/aromatic N) is 1. The second-order valence-corrected chi connectivity index (χ2v) is 6.27. The van der Waals surface area contributed by atoms with Crippen LogP contribution in [-0.4, -0.2) is 20.6 Å². The van der Waals surface area contributed by atoms with Crippen LogP contribution in [0.2, 0.25) is 0 Å². The predicted octanol–water partition coefficient (Wildman–Crippen LogP) is 4.70. The van der Waals surface area contributed by atoms with Gasteiger partial charge in [0.15, 0.2) is 0 Å². The van der Waals surface area contributed by atoms with E-state index >= 15 is 0 Å². The number of rotatable bonds is 1. The first kappa shape index (κ1) is 12.7. The van der Waals surface area contributed by atoms with Crippen molar-refractivity contribution < 1.29 is 0 Å². The molecule has 0 spiro atoms. The molecule has 0 saturated heterocycles. The number of aryl methyl sites for hydroxylation is 1. The molecule has 0 aliphatic carbocycles. The number of aromatic nitrogens is 1. The van der Waals surface area contributed by atoms with Crippen molar-refractivity contribution in [3.8, 4) is 11.1 Å². The summed E-state index contributed by atoms with van der Waals surface area (Å²) in [5.74, 6) is 0. The van der Waals surface area contributed by atoms with Crippen LogP contribution in [0.15, 0.2) is 66.7 Å². The molecule has 0 aliphatic heterocycles. The third kappa shape index (κ3) is 2.01. The molecule has 0 saturated carbocycles. The average molecular weight is 331 g/mol. The fourth-order valence-corrected chi connectivity index (χ4v) is 3.66. The van der Waals surface area contributed by atoms with Gasteiger partial charge in [-0.3, -0.25) is 0 Å². The SMILES string of the molecule is Cc1ccc2c(c1)c1cc(-c3ccccc3)ccc1n2[As]. The standard InChI is InChI=1S/C19H14AsN/c1-13-7-9-18-16(11-13)17-12-15(8-10-19(17)21(18)20)14-5-3-2-4-6-14/h2-12H,1H3. The predicted molar refractivity (Wildman–Crippen MR) is 90.8 cm³/mol. The van der Waals surface area contributed by atoms with E-state index in [-0.39, 0.29) is 0 Å². The Labute approximate surface area is 132 Å². The van der Waals surface area contributed by atoms with Crippen molar-refractivity contribution in [2.24, 2.45) is 0 Å². The fourth-order valence-electron chi connectivity index (χ4n) is 2.93. The van der Waals surface area contributed by atoms with Crippen LogP contribution in [-0.2, 0) is 0 Å². The molecule has 2 radical (unpaired) electrons. The van der Waals surface area contributed by atoms with Crippen LogP contribution < -0.4 is 0 Å². The maximum absolute atomic E-state index is 2.65. The molecule has 1 heterocycles. The first-order valence-electron chi connectivity index (χ1n) is 7.03. The van der Waals surface area contributed by atoms with Gasteiger partial charge >= 0.3 is 133 Å². The van der Waals surface area contributed by atoms with Gasteiger partial charge in [-0.05, 0) is 0 Å². The van der Waals surface area contributed by atoms with Crippen molar-refractivity contribution >= 4 is 38.9 Å². The molecule has 1 aromatic heterocycles. The normalized spacial score (nSPS) is 11.3. The van der Waals surface area contributed by atoms with Crippen LogP contribution in [0.4, 0.5) is 0 Å². The Morgan fingerprint density at radius 1 is 0.714 bits per heavy atom. The summed E-state index contributed by atoms with van der Waals surface area (Å²) in [6.07, 6.45) is 0. The Kier molecular flexibility index (Phi) is 2.90. The summed E-state index contributed by atoms with van der Waals surface area (Å²) in [5.41, 5.74) is 6.35. The van der Waals surface area contributed by atoms with Crippen molar-refractivity contribution in [1.29, 1.82) is 0 Å². The molecule has 0 unspecified atom stereocenters. The van der Waals surface area contributed by atoms with Gasteiger partial charge in [-0.15, -0.1) is 0 Å². The van der Waals surface area contributed by atoms with Gasteiger partial charge in [-0.2, -0.15) is 0 Å². The summed E-state index contributed by atoms with van der Waals surface area (Å²) >= 11 is 2.65. The summed E-state index contributed by atoms with van der Waals surface area (Å²) in [7, 11) is 0. The summed E-state index contributed by atoms with van der Waals surface area (Å²) in [4.78, 5) is 0. The minimum atomic E-state index is 1.26. The van der Waals surface area contributed by atoms with Gasteiger partial charge < -0.3 is 0 Å². The van der Waals surface area contributed by atoms with Crippen LogP contribution in [0.5, 0.6) is 0 Å². The number of benzene rings is 3. The van der Waals surface area contributed by atoms with Crippen molar-refractivity contribution in [3.05, 3.63) is 72.3 Å². The monoisotopic (exact) mass is 331 g/mol. The van der Waals surface area contributed by atoms with E-state index in [2.05, 4.69) is 94.2 Å². The summed E-state index contributed by atoms with van der Waals surface area (Å²) in [6.45, 7) is 2.15. The molecular formula is C19H14AsN. The molecule has 1 nitrogen and oxygen atoms in total. The molecule has 0 aliphatic rings.